The molecule has 15 heavy (non-hydrogen) atoms. The molecule has 1 aliphatic rings. The molecule has 0 aliphatic carbocycles. The largest absolute Gasteiger partial charge is 0.303 e. The van der Waals surface area contributed by atoms with E-state index >= 15 is 0 Å². The molecule has 1 atom stereocenters. The van der Waals surface area contributed by atoms with Crippen LogP contribution in [0, 0.1) is 11.8 Å². The lowest BCUT2D eigenvalue weighted by Gasteiger charge is -2.16. The average molecular weight is 211 g/mol. The van der Waals surface area contributed by atoms with Gasteiger partial charge in [-0.3, -0.25) is 0 Å². The van der Waals surface area contributed by atoms with Crippen LogP contribution >= 0.6 is 0 Å². The Bertz CT molecular complexity index is 153. The van der Waals surface area contributed by atoms with Crippen LogP contribution in [0.5, 0.6) is 0 Å². The van der Waals surface area contributed by atoms with Crippen molar-refractivity contribution in [2.24, 2.45) is 11.8 Å². The van der Waals surface area contributed by atoms with Gasteiger partial charge in [-0.25, -0.2) is 0 Å². The highest BCUT2D eigenvalue weighted by Gasteiger charge is 2.22. The second-order valence-electron chi connectivity index (χ2n) is 5.65. The maximum atomic E-state index is 2.68. The Morgan fingerprint density at radius 2 is 2.00 bits per heavy atom. The molecule has 1 fully saturated rings. The van der Waals surface area contributed by atoms with Crippen molar-refractivity contribution >= 4 is 0 Å². The number of nitrogens with zero attached hydrogens (tertiary/aromatic N) is 1. The highest BCUT2D eigenvalue weighted by molar-refractivity contribution is 4.76. The van der Waals surface area contributed by atoms with Crippen LogP contribution in [-0.2, 0) is 0 Å². The first-order valence-electron chi connectivity index (χ1n) is 6.94. The van der Waals surface area contributed by atoms with Crippen molar-refractivity contribution in [1.82, 2.24) is 4.90 Å². The summed E-state index contributed by atoms with van der Waals surface area (Å²) < 4.78 is 0. The van der Waals surface area contributed by atoms with Gasteiger partial charge in [0.05, 0.1) is 0 Å². The quantitative estimate of drug-likeness (QED) is 0.577. The highest BCUT2D eigenvalue weighted by atomic mass is 15.1. The third-order valence-corrected chi connectivity index (χ3v) is 3.50. The third-order valence-electron chi connectivity index (χ3n) is 3.50. The van der Waals surface area contributed by atoms with Crippen molar-refractivity contribution in [3.8, 4) is 0 Å². The molecule has 1 heteroatoms. The molecular weight excluding hydrogens is 182 g/mol. The third kappa shape index (κ3) is 5.55. The van der Waals surface area contributed by atoms with E-state index in [1.54, 1.807) is 0 Å². The van der Waals surface area contributed by atoms with Gasteiger partial charge in [-0.15, -0.1) is 0 Å². The van der Waals surface area contributed by atoms with E-state index in [9.17, 15) is 0 Å². The van der Waals surface area contributed by atoms with Gasteiger partial charge >= 0.3 is 0 Å². The van der Waals surface area contributed by atoms with Crippen molar-refractivity contribution < 1.29 is 0 Å². The molecule has 0 radical (unpaired) electrons. The standard InChI is InChI=1S/C14H29N/c1-4-5-6-7-9-15-10-8-14(12-15)11-13(2)3/h13-14H,4-12H2,1-3H3. The van der Waals surface area contributed by atoms with Crippen LogP contribution < -0.4 is 0 Å². The molecule has 0 N–H and O–H groups in total. The molecule has 1 heterocycles. The fourth-order valence-electron chi connectivity index (χ4n) is 2.74. The van der Waals surface area contributed by atoms with E-state index in [0.29, 0.717) is 0 Å². The summed E-state index contributed by atoms with van der Waals surface area (Å²) >= 11 is 0. The Balaban J connectivity index is 2.03. The predicted molar refractivity (Wildman–Crippen MR) is 68.1 cm³/mol. The first kappa shape index (κ1) is 13.0. The highest BCUT2D eigenvalue weighted by Crippen LogP contribution is 2.23. The van der Waals surface area contributed by atoms with E-state index in [2.05, 4.69) is 25.7 Å². The number of rotatable bonds is 7. The fraction of sp³-hybridized carbons (Fsp3) is 1.00. The van der Waals surface area contributed by atoms with E-state index < -0.39 is 0 Å². The topological polar surface area (TPSA) is 3.24 Å². The molecule has 1 unspecified atom stereocenters. The predicted octanol–water partition coefficient (Wildman–Crippen LogP) is 3.93. The summed E-state index contributed by atoms with van der Waals surface area (Å²) in [5.41, 5.74) is 0. The summed E-state index contributed by atoms with van der Waals surface area (Å²) in [6, 6.07) is 0. The van der Waals surface area contributed by atoms with Crippen molar-refractivity contribution in [3.63, 3.8) is 0 Å². The van der Waals surface area contributed by atoms with Crippen molar-refractivity contribution in [2.45, 2.75) is 59.3 Å². The van der Waals surface area contributed by atoms with Crippen LogP contribution in [0.3, 0.4) is 0 Å². The molecule has 0 spiro atoms. The monoisotopic (exact) mass is 211 g/mol. The second kappa shape index (κ2) is 7.27. The van der Waals surface area contributed by atoms with Gasteiger partial charge in [0.1, 0.15) is 0 Å². The van der Waals surface area contributed by atoms with Gasteiger partial charge in [-0.2, -0.15) is 0 Å². The molecule has 0 aromatic rings. The first-order chi connectivity index (χ1) is 7.22. The van der Waals surface area contributed by atoms with Gasteiger partial charge in [-0.1, -0.05) is 40.0 Å². The summed E-state index contributed by atoms with van der Waals surface area (Å²) in [5.74, 6) is 1.88. The van der Waals surface area contributed by atoms with Crippen molar-refractivity contribution in [2.75, 3.05) is 19.6 Å². The molecule has 0 bridgehead atoms. The molecule has 0 aromatic carbocycles. The summed E-state index contributed by atoms with van der Waals surface area (Å²) in [7, 11) is 0. The van der Waals surface area contributed by atoms with Crippen LogP contribution in [0.25, 0.3) is 0 Å². The van der Waals surface area contributed by atoms with E-state index in [-0.39, 0.29) is 0 Å². The van der Waals surface area contributed by atoms with E-state index in [1.807, 2.05) is 0 Å². The van der Waals surface area contributed by atoms with Crippen LogP contribution in [0.2, 0.25) is 0 Å². The molecular formula is C14H29N. The van der Waals surface area contributed by atoms with Crippen LogP contribution in [0.1, 0.15) is 59.3 Å². The van der Waals surface area contributed by atoms with E-state index in [4.69, 9.17) is 0 Å². The Morgan fingerprint density at radius 1 is 1.20 bits per heavy atom. The minimum absolute atomic E-state index is 0.884. The molecule has 0 saturated carbocycles. The summed E-state index contributed by atoms with van der Waals surface area (Å²) in [6.07, 6.45) is 8.51. The smallest absolute Gasteiger partial charge is 0.00102 e. The summed E-state index contributed by atoms with van der Waals surface area (Å²) in [4.78, 5) is 2.68. The minimum atomic E-state index is 0.884. The van der Waals surface area contributed by atoms with Gasteiger partial charge in [0.25, 0.3) is 0 Å². The van der Waals surface area contributed by atoms with Crippen molar-refractivity contribution in [3.05, 3.63) is 0 Å². The SMILES string of the molecule is CCCCCCN1CCC(CC(C)C)C1. The lowest BCUT2D eigenvalue weighted by molar-refractivity contribution is 0.304. The van der Waals surface area contributed by atoms with Crippen molar-refractivity contribution in [1.29, 1.82) is 0 Å². The lowest BCUT2D eigenvalue weighted by atomic mass is 9.97. The molecule has 90 valence electrons. The normalized spacial score (nSPS) is 22.8. The van der Waals surface area contributed by atoms with E-state index in [1.165, 1.54) is 58.2 Å². The first-order valence-corrected chi connectivity index (χ1v) is 6.94. The lowest BCUT2D eigenvalue weighted by Crippen LogP contribution is -2.22. The molecule has 1 rings (SSSR count). The molecule has 1 aliphatic heterocycles. The zero-order chi connectivity index (χ0) is 11.1. The number of likely N-dealkylation sites (tertiary alicyclic amines) is 1. The van der Waals surface area contributed by atoms with Gasteiger partial charge < -0.3 is 4.90 Å². The van der Waals surface area contributed by atoms with Crippen LogP contribution in [-0.4, -0.2) is 24.5 Å². The van der Waals surface area contributed by atoms with E-state index in [0.717, 1.165) is 11.8 Å². The zero-order valence-corrected chi connectivity index (χ0v) is 11.0. The number of hydrogen-bond acceptors (Lipinski definition) is 1. The molecule has 1 saturated heterocycles. The zero-order valence-electron chi connectivity index (χ0n) is 11.0. The Morgan fingerprint density at radius 3 is 2.67 bits per heavy atom. The maximum absolute atomic E-state index is 2.68. The summed E-state index contributed by atoms with van der Waals surface area (Å²) in [6.45, 7) is 11.1. The fourth-order valence-corrected chi connectivity index (χ4v) is 2.74. The van der Waals surface area contributed by atoms with Gasteiger partial charge in [0, 0.05) is 6.54 Å². The minimum Gasteiger partial charge on any atom is -0.303 e. The average Bonchev–Trinajstić information content (AvgIpc) is 2.59. The van der Waals surface area contributed by atoms with Gasteiger partial charge in [-0.05, 0) is 44.2 Å². The Hall–Kier alpha value is -0.0400. The molecule has 0 amide bonds. The molecule has 1 nitrogen and oxygen atoms in total. The second-order valence-corrected chi connectivity index (χ2v) is 5.65. The van der Waals surface area contributed by atoms with Crippen LogP contribution in [0.15, 0.2) is 0 Å². The Kier molecular flexibility index (Phi) is 6.31. The number of unbranched alkanes of at least 4 members (excludes halogenated alkanes) is 3. The number of hydrogen-bond donors (Lipinski definition) is 0. The van der Waals surface area contributed by atoms with Crippen LogP contribution in [0.4, 0.5) is 0 Å². The molecule has 0 aromatic heterocycles. The Labute approximate surface area is 96.2 Å². The summed E-state index contributed by atoms with van der Waals surface area (Å²) in [5, 5.41) is 0. The maximum Gasteiger partial charge on any atom is 0.00102 e. The van der Waals surface area contributed by atoms with Gasteiger partial charge in [0.15, 0.2) is 0 Å². The van der Waals surface area contributed by atoms with Gasteiger partial charge in [0.2, 0.25) is 0 Å².